The van der Waals surface area contributed by atoms with Gasteiger partial charge in [0, 0.05) is 21.0 Å². The summed E-state index contributed by atoms with van der Waals surface area (Å²) < 4.78 is 0. The molecule has 0 N–H and O–H groups in total. The minimum absolute atomic E-state index is 0.760. The Kier molecular flexibility index (Phi) is 5.99. The zero-order valence-corrected chi connectivity index (χ0v) is 11.3. The first-order chi connectivity index (χ1) is 6.76. The molecule has 0 nitrogen and oxygen atoms in total. The van der Waals surface area contributed by atoms with Gasteiger partial charge in [0.25, 0.3) is 0 Å². The van der Waals surface area contributed by atoms with E-state index in [1.54, 1.807) is 0 Å². The zero-order valence-electron chi connectivity index (χ0n) is 8.17. The maximum Gasteiger partial charge on any atom is 0.0406 e. The highest BCUT2D eigenvalue weighted by Gasteiger charge is 2.04. The average Bonchev–Trinajstić information content (AvgIpc) is 2.22. The lowest BCUT2D eigenvalue weighted by molar-refractivity contribution is 0.652. The van der Waals surface area contributed by atoms with Crippen molar-refractivity contribution < 1.29 is 0 Å². The molecule has 0 heterocycles. The Balaban J connectivity index is 2.41. The van der Waals surface area contributed by atoms with Gasteiger partial charge in [-0.25, -0.2) is 0 Å². The second-order valence-electron chi connectivity index (χ2n) is 3.19. The normalized spacial score (nSPS) is 12.8. The van der Waals surface area contributed by atoms with E-state index in [2.05, 4.69) is 35.0 Å². The van der Waals surface area contributed by atoms with Crippen LogP contribution in [0.4, 0.5) is 0 Å². The summed E-state index contributed by atoms with van der Waals surface area (Å²) in [6, 6.07) is 8.04. The first-order valence-electron chi connectivity index (χ1n) is 4.70. The molecule has 0 saturated heterocycles. The van der Waals surface area contributed by atoms with Gasteiger partial charge < -0.3 is 0 Å². The van der Waals surface area contributed by atoms with Gasteiger partial charge in [-0.1, -0.05) is 40.9 Å². The molecule has 0 aliphatic rings. The molecule has 1 aromatic carbocycles. The zero-order chi connectivity index (χ0) is 10.4. The van der Waals surface area contributed by atoms with Gasteiger partial charge in [-0.15, -0.1) is 11.8 Å². The standard InChI is InChI=1S/C11H14BrClS/c1-2-9(7-12)8-14-11-5-3-10(13)4-6-11/h3-6,9H,2,7-8H2,1H3. The highest BCUT2D eigenvalue weighted by molar-refractivity contribution is 9.09. The fraction of sp³-hybridized carbons (Fsp3) is 0.455. The first-order valence-corrected chi connectivity index (χ1v) is 7.19. The molecule has 14 heavy (non-hydrogen) atoms. The Morgan fingerprint density at radius 1 is 1.36 bits per heavy atom. The molecule has 1 atom stereocenters. The van der Waals surface area contributed by atoms with Crippen LogP contribution in [-0.4, -0.2) is 11.1 Å². The lowest BCUT2D eigenvalue weighted by Gasteiger charge is -2.10. The second kappa shape index (κ2) is 6.76. The van der Waals surface area contributed by atoms with E-state index in [1.807, 2.05) is 23.9 Å². The maximum absolute atomic E-state index is 5.81. The van der Waals surface area contributed by atoms with Crippen LogP contribution in [0.2, 0.25) is 5.02 Å². The molecular formula is C11H14BrClS. The van der Waals surface area contributed by atoms with Crippen molar-refractivity contribution in [1.29, 1.82) is 0 Å². The molecule has 0 fully saturated rings. The molecule has 78 valence electrons. The van der Waals surface area contributed by atoms with Crippen LogP contribution < -0.4 is 0 Å². The van der Waals surface area contributed by atoms with Gasteiger partial charge in [-0.05, 0) is 30.2 Å². The van der Waals surface area contributed by atoms with Crippen LogP contribution in [-0.2, 0) is 0 Å². The summed E-state index contributed by atoms with van der Waals surface area (Å²) in [4.78, 5) is 1.30. The van der Waals surface area contributed by atoms with Crippen molar-refractivity contribution in [1.82, 2.24) is 0 Å². The van der Waals surface area contributed by atoms with E-state index in [0.717, 1.165) is 16.3 Å². The van der Waals surface area contributed by atoms with Gasteiger partial charge in [0.1, 0.15) is 0 Å². The summed E-state index contributed by atoms with van der Waals surface area (Å²) in [7, 11) is 0. The van der Waals surface area contributed by atoms with Crippen LogP contribution in [0, 0.1) is 5.92 Å². The molecule has 0 aromatic heterocycles. The summed E-state index contributed by atoms with van der Waals surface area (Å²) in [6.45, 7) is 2.23. The van der Waals surface area contributed by atoms with Gasteiger partial charge in [0.2, 0.25) is 0 Å². The lowest BCUT2D eigenvalue weighted by atomic mass is 10.2. The quantitative estimate of drug-likeness (QED) is 0.552. The number of thioether (sulfide) groups is 1. The molecule has 0 aliphatic carbocycles. The third-order valence-corrected chi connectivity index (χ3v) is 4.51. The molecular weight excluding hydrogens is 280 g/mol. The van der Waals surface area contributed by atoms with Crippen LogP contribution in [0.5, 0.6) is 0 Å². The third kappa shape index (κ3) is 4.24. The van der Waals surface area contributed by atoms with Crippen molar-refractivity contribution in [2.45, 2.75) is 18.2 Å². The van der Waals surface area contributed by atoms with E-state index in [1.165, 1.54) is 17.1 Å². The molecule has 1 aromatic rings. The fourth-order valence-electron chi connectivity index (χ4n) is 1.02. The summed E-state index contributed by atoms with van der Waals surface area (Å²) in [5.41, 5.74) is 0. The first kappa shape index (κ1) is 12.4. The molecule has 0 spiro atoms. The predicted molar refractivity (Wildman–Crippen MR) is 69.8 cm³/mol. The minimum atomic E-state index is 0.760. The number of rotatable bonds is 5. The minimum Gasteiger partial charge on any atom is -0.126 e. The Bertz CT molecular complexity index is 256. The van der Waals surface area contributed by atoms with E-state index in [9.17, 15) is 0 Å². The maximum atomic E-state index is 5.81. The van der Waals surface area contributed by atoms with Gasteiger partial charge in [-0.3, -0.25) is 0 Å². The monoisotopic (exact) mass is 292 g/mol. The molecule has 0 bridgehead atoms. The van der Waals surface area contributed by atoms with E-state index >= 15 is 0 Å². The van der Waals surface area contributed by atoms with Crippen LogP contribution in [0.25, 0.3) is 0 Å². The Labute approximate surface area is 104 Å². The van der Waals surface area contributed by atoms with Crippen molar-refractivity contribution in [3.05, 3.63) is 29.3 Å². The van der Waals surface area contributed by atoms with Crippen LogP contribution in [0.15, 0.2) is 29.2 Å². The fourth-order valence-corrected chi connectivity index (χ4v) is 3.24. The number of benzene rings is 1. The van der Waals surface area contributed by atoms with Crippen LogP contribution in [0.3, 0.4) is 0 Å². The van der Waals surface area contributed by atoms with Crippen LogP contribution in [0.1, 0.15) is 13.3 Å². The van der Waals surface area contributed by atoms with Gasteiger partial charge in [0.15, 0.2) is 0 Å². The highest BCUT2D eigenvalue weighted by Crippen LogP contribution is 2.24. The number of hydrogen-bond donors (Lipinski definition) is 0. The molecule has 0 radical (unpaired) electrons. The molecule has 1 rings (SSSR count). The molecule has 0 amide bonds. The topological polar surface area (TPSA) is 0 Å². The van der Waals surface area contributed by atoms with Gasteiger partial charge in [0.05, 0.1) is 0 Å². The van der Waals surface area contributed by atoms with Crippen molar-refractivity contribution in [3.63, 3.8) is 0 Å². The van der Waals surface area contributed by atoms with E-state index in [4.69, 9.17) is 11.6 Å². The SMILES string of the molecule is CCC(CBr)CSc1ccc(Cl)cc1. The van der Waals surface area contributed by atoms with E-state index < -0.39 is 0 Å². The van der Waals surface area contributed by atoms with Crippen molar-refractivity contribution in [2.24, 2.45) is 5.92 Å². The Hall–Kier alpha value is 0.340. The second-order valence-corrected chi connectivity index (χ2v) is 5.37. The van der Waals surface area contributed by atoms with E-state index in [0.29, 0.717) is 0 Å². The summed E-state index contributed by atoms with van der Waals surface area (Å²) >= 11 is 11.2. The van der Waals surface area contributed by atoms with E-state index in [-0.39, 0.29) is 0 Å². The van der Waals surface area contributed by atoms with Gasteiger partial charge in [-0.2, -0.15) is 0 Å². The summed E-state index contributed by atoms with van der Waals surface area (Å²) in [5.74, 6) is 1.93. The third-order valence-electron chi connectivity index (χ3n) is 2.09. The summed E-state index contributed by atoms with van der Waals surface area (Å²) in [6.07, 6.45) is 1.23. The number of halogens is 2. The number of hydrogen-bond acceptors (Lipinski definition) is 1. The van der Waals surface area contributed by atoms with Gasteiger partial charge >= 0.3 is 0 Å². The summed E-state index contributed by atoms with van der Waals surface area (Å²) in [5, 5.41) is 1.89. The smallest absolute Gasteiger partial charge is 0.0406 e. The van der Waals surface area contributed by atoms with Crippen molar-refractivity contribution >= 4 is 39.3 Å². The van der Waals surface area contributed by atoms with Crippen LogP contribution >= 0.6 is 39.3 Å². The Morgan fingerprint density at radius 2 is 2.00 bits per heavy atom. The predicted octanol–water partition coefficient (Wildman–Crippen LogP) is 4.85. The Morgan fingerprint density at radius 3 is 2.50 bits per heavy atom. The number of alkyl halides is 1. The highest BCUT2D eigenvalue weighted by atomic mass is 79.9. The largest absolute Gasteiger partial charge is 0.126 e. The van der Waals surface area contributed by atoms with Crippen molar-refractivity contribution in [2.75, 3.05) is 11.1 Å². The average molecular weight is 294 g/mol. The molecule has 0 saturated carbocycles. The molecule has 0 aliphatic heterocycles. The van der Waals surface area contributed by atoms with Crippen molar-refractivity contribution in [3.8, 4) is 0 Å². The lowest BCUT2D eigenvalue weighted by Crippen LogP contribution is -2.02. The molecule has 3 heteroatoms. The molecule has 1 unspecified atom stereocenters.